The van der Waals surface area contributed by atoms with E-state index in [9.17, 15) is 0 Å². The number of hydrogen-bond acceptors (Lipinski definition) is 4. The predicted octanol–water partition coefficient (Wildman–Crippen LogP) is 4.96. The summed E-state index contributed by atoms with van der Waals surface area (Å²) >= 11 is 7.48. The van der Waals surface area contributed by atoms with E-state index in [-0.39, 0.29) is 0 Å². The average Bonchev–Trinajstić information content (AvgIpc) is 2.81. The van der Waals surface area contributed by atoms with Gasteiger partial charge in [-0.1, -0.05) is 13.3 Å². The molecule has 0 amide bonds. The van der Waals surface area contributed by atoms with Crippen LogP contribution in [0, 0.1) is 3.57 Å². The fourth-order valence-electron chi connectivity index (χ4n) is 1.72. The minimum atomic E-state index is 0.815. The maximum atomic E-state index is 4.72. The molecule has 6 heteroatoms. The first-order valence-electron chi connectivity index (χ1n) is 6.20. The van der Waals surface area contributed by atoms with Crippen LogP contribution in [0.2, 0.25) is 0 Å². The molecule has 0 aliphatic heterocycles. The molecule has 2 heterocycles. The van der Waals surface area contributed by atoms with Gasteiger partial charge in [0.15, 0.2) is 5.82 Å². The third kappa shape index (κ3) is 3.66. The topological polar surface area (TPSA) is 37.8 Å². The summed E-state index contributed by atoms with van der Waals surface area (Å²) in [5, 5.41) is 5.38. The first-order valence-corrected chi connectivity index (χ1v) is 8.95. The zero-order chi connectivity index (χ0) is 13.8. The molecule has 0 saturated carbocycles. The quantitative estimate of drug-likeness (QED) is 0.653. The van der Waals surface area contributed by atoms with E-state index in [0.29, 0.717) is 0 Å². The number of aryl methyl sites for hydroxylation is 1. The minimum absolute atomic E-state index is 0.815. The lowest BCUT2D eigenvalue weighted by Crippen LogP contribution is -2.07. The summed E-state index contributed by atoms with van der Waals surface area (Å²) in [4.78, 5) is 10.5. The van der Waals surface area contributed by atoms with Crippen molar-refractivity contribution < 1.29 is 0 Å². The van der Waals surface area contributed by atoms with Gasteiger partial charge in [0.25, 0.3) is 0 Å². The largest absolute Gasteiger partial charge is 0.369 e. The number of thiophene rings is 1. The molecule has 2 rings (SSSR count). The fraction of sp³-hybridized carbons (Fsp3) is 0.385. The van der Waals surface area contributed by atoms with Gasteiger partial charge in [0, 0.05) is 16.4 Å². The summed E-state index contributed by atoms with van der Waals surface area (Å²) in [5.74, 6) is 1.76. The Morgan fingerprint density at radius 2 is 2.16 bits per heavy atom. The Hall–Kier alpha value is -0.210. The molecule has 102 valence electrons. The second kappa shape index (κ2) is 6.99. The first kappa shape index (κ1) is 15.2. The van der Waals surface area contributed by atoms with Crippen molar-refractivity contribution >= 4 is 55.7 Å². The molecule has 0 aromatic carbocycles. The van der Waals surface area contributed by atoms with Crippen molar-refractivity contribution in [2.24, 2.45) is 0 Å². The van der Waals surface area contributed by atoms with E-state index in [1.54, 1.807) is 11.3 Å². The van der Waals surface area contributed by atoms with Gasteiger partial charge in [-0.2, -0.15) is 0 Å². The standard InChI is InChI=1S/C13H15BrIN3S/c1-3-5-9-11(15)13(16-4-2)18-12(17-9)10-6-8(14)7-19-10/h6-7H,3-5H2,1-2H3,(H,16,17,18). The lowest BCUT2D eigenvalue weighted by atomic mass is 10.2. The summed E-state index contributed by atoms with van der Waals surface area (Å²) < 4.78 is 2.22. The summed E-state index contributed by atoms with van der Waals surface area (Å²) in [6.07, 6.45) is 2.07. The summed E-state index contributed by atoms with van der Waals surface area (Å²) in [5.41, 5.74) is 1.13. The Kier molecular flexibility index (Phi) is 5.58. The molecule has 0 fully saturated rings. The normalized spacial score (nSPS) is 10.7. The highest BCUT2D eigenvalue weighted by atomic mass is 127. The second-order valence-corrected chi connectivity index (χ2v) is 6.97. The molecule has 3 nitrogen and oxygen atoms in total. The van der Waals surface area contributed by atoms with Gasteiger partial charge in [-0.15, -0.1) is 11.3 Å². The molecule has 0 atom stereocenters. The molecule has 1 N–H and O–H groups in total. The number of nitrogens with one attached hydrogen (secondary N) is 1. The first-order chi connectivity index (χ1) is 9.15. The highest BCUT2D eigenvalue weighted by Crippen LogP contribution is 2.30. The van der Waals surface area contributed by atoms with Crippen molar-refractivity contribution in [1.29, 1.82) is 0 Å². The predicted molar refractivity (Wildman–Crippen MR) is 93.9 cm³/mol. The average molecular weight is 452 g/mol. The number of nitrogens with zero attached hydrogens (tertiary/aromatic N) is 2. The van der Waals surface area contributed by atoms with Gasteiger partial charge in [0.2, 0.25) is 0 Å². The van der Waals surface area contributed by atoms with Gasteiger partial charge in [-0.25, -0.2) is 9.97 Å². The van der Waals surface area contributed by atoms with E-state index in [4.69, 9.17) is 4.98 Å². The molecule has 0 aliphatic rings. The number of hydrogen-bond donors (Lipinski definition) is 1. The van der Waals surface area contributed by atoms with E-state index in [0.717, 1.165) is 49.6 Å². The van der Waals surface area contributed by atoms with Gasteiger partial charge < -0.3 is 5.32 Å². The Bertz CT molecular complexity index is 544. The Morgan fingerprint density at radius 1 is 1.37 bits per heavy atom. The summed E-state index contributed by atoms with van der Waals surface area (Å²) in [6, 6.07) is 2.07. The molecule has 0 radical (unpaired) electrons. The van der Waals surface area contributed by atoms with Gasteiger partial charge >= 0.3 is 0 Å². The van der Waals surface area contributed by atoms with Gasteiger partial charge in [-0.3, -0.25) is 0 Å². The van der Waals surface area contributed by atoms with Crippen LogP contribution in [0.4, 0.5) is 5.82 Å². The monoisotopic (exact) mass is 451 g/mol. The molecular formula is C13H15BrIN3S. The van der Waals surface area contributed by atoms with Gasteiger partial charge in [0.1, 0.15) is 5.82 Å². The number of anilines is 1. The molecule has 2 aromatic rings. The van der Waals surface area contributed by atoms with Crippen molar-refractivity contribution in [3.8, 4) is 10.7 Å². The Labute approximate surface area is 139 Å². The van der Waals surface area contributed by atoms with Crippen molar-refractivity contribution in [1.82, 2.24) is 9.97 Å². The van der Waals surface area contributed by atoms with Crippen LogP contribution < -0.4 is 5.32 Å². The van der Waals surface area contributed by atoms with E-state index in [1.165, 1.54) is 0 Å². The van der Waals surface area contributed by atoms with E-state index >= 15 is 0 Å². The third-order valence-corrected chi connectivity index (χ3v) is 5.36. The van der Waals surface area contributed by atoms with Crippen LogP contribution in [0.25, 0.3) is 10.7 Å². The molecule has 2 aromatic heterocycles. The van der Waals surface area contributed by atoms with E-state index in [2.05, 4.69) is 74.1 Å². The molecule has 0 unspecified atom stereocenters. The number of rotatable bonds is 5. The third-order valence-electron chi connectivity index (χ3n) is 2.54. The van der Waals surface area contributed by atoms with E-state index < -0.39 is 0 Å². The molecule has 0 spiro atoms. The van der Waals surface area contributed by atoms with Crippen molar-refractivity contribution in [3.63, 3.8) is 0 Å². The van der Waals surface area contributed by atoms with Crippen LogP contribution in [0.3, 0.4) is 0 Å². The van der Waals surface area contributed by atoms with Crippen LogP contribution in [-0.4, -0.2) is 16.5 Å². The van der Waals surface area contributed by atoms with Crippen LogP contribution in [0.5, 0.6) is 0 Å². The van der Waals surface area contributed by atoms with Gasteiger partial charge in [0.05, 0.1) is 14.1 Å². The molecule has 19 heavy (non-hydrogen) atoms. The minimum Gasteiger partial charge on any atom is -0.369 e. The molecule has 0 aliphatic carbocycles. The van der Waals surface area contributed by atoms with Crippen LogP contribution >= 0.6 is 49.9 Å². The zero-order valence-electron chi connectivity index (χ0n) is 10.8. The smallest absolute Gasteiger partial charge is 0.171 e. The highest BCUT2D eigenvalue weighted by molar-refractivity contribution is 14.1. The number of aromatic nitrogens is 2. The van der Waals surface area contributed by atoms with Crippen LogP contribution in [-0.2, 0) is 6.42 Å². The Balaban J connectivity index is 2.48. The van der Waals surface area contributed by atoms with Crippen LogP contribution in [0.15, 0.2) is 15.9 Å². The van der Waals surface area contributed by atoms with Crippen molar-refractivity contribution in [3.05, 3.63) is 25.2 Å². The number of halogens is 2. The maximum Gasteiger partial charge on any atom is 0.171 e. The summed E-state index contributed by atoms with van der Waals surface area (Å²) in [6.45, 7) is 5.12. The second-order valence-electron chi connectivity index (χ2n) is 4.07. The maximum absolute atomic E-state index is 4.72. The molecular weight excluding hydrogens is 437 g/mol. The van der Waals surface area contributed by atoms with Crippen LogP contribution in [0.1, 0.15) is 26.0 Å². The van der Waals surface area contributed by atoms with E-state index in [1.807, 2.05) is 0 Å². The molecule has 0 bridgehead atoms. The van der Waals surface area contributed by atoms with Gasteiger partial charge in [-0.05, 0) is 57.9 Å². The lowest BCUT2D eigenvalue weighted by molar-refractivity contribution is 0.867. The molecule has 0 saturated heterocycles. The lowest BCUT2D eigenvalue weighted by Gasteiger charge is -2.11. The highest BCUT2D eigenvalue weighted by Gasteiger charge is 2.13. The summed E-state index contributed by atoms with van der Waals surface area (Å²) in [7, 11) is 0. The Morgan fingerprint density at radius 3 is 2.74 bits per heavy atom. The van der Waals surface area contributed by atoms with Crippen molar-refractivity contribution in [2.75, 3.05) is 11.9 Å². The van der Waals surface area contributed by atoms with Crippen molar-refractivity contribution in [2.45, 2.75) is 26.7 Å². The SMILES string of the molecule is CCCc1nc(-c2cc(Br)cs2)nc(NCC)c1I. The zero-order valence-corrected chi connectivity index (χ0v) is 15.4. The fourth-order valence-corrected chi connectivity index (χ4v) is 3.78.